The van der Waals surface area contributed by atoms with Crippen molar-refractivity contribution in [3.05, 3.63) is 0 Å². The summed E-state index contributed by atoms with van der Waals surface area (Å²) >= 11 is 3.42. The Morgan fingerprint density at radius 2 is 2.00 bits per heavy atom. The lowest BCUT2D eigenvalue weighted by Crippen LogP contribution is -2.16. The first-order valence-corrected chi connectivity index (χ1v) is 3.57. The van der Waals surface area contributed by atoms with E-state index in [1.807, 2.05) is 0 Å². The van der Waals surface area contributed by atoms with E-state index in [1.54, 1.807) is 6.92 Å². The molecule has 0 fully saturated rings. The van der Waals surface area contributed by atoms with Gasteiger partial charge in [-0.05, 0) is 19.8 Å². The highest BCUT2D eigenvalue weighted by Crippen LogP contribution is 2.03. The fourth-order valence-electron chi connectivity index (χ4n) is 0.523. The number of aliphatic hydroxyl groups excluding tert-OH is 2. The third kappa shape index (κ3) is 4.78. The molecular weight excluding hydrogens is 152 g/mol. The van der Waals surface area contributed by atoms with Crippen molar-refractivity contribution in [1.82, 2.24) is 0 Å². The van der Waals surface area contributed by atoms with Gasteiger partial charge >= 0.3 is 0 Å². The predicted molar refractivity (Wildman–Crippen MR) is 40.9 cm³/mol. The summed E-state index contributed by atoms with van der Waals surface area (Å²) in [5.41, 5.74) is 0. The van der Waals surface area contributed by atoms with E-state index < -0.39 is 17.3 Å². The molecule has 0 aromatic heterocycles. The molecule has 0 amide bonds. The molecule has 0 aliphatic rings. The molecule has 2 N–H and O–H groups in total. The van der Waals surface area contributed by atoms with Crippen molar-refractivity contribution in [3.8, 4) is 0 Å². The molecule has 0 spiro atoms. The minimum Gasteiger partial charge on any atom is -0.393 e. The minimum atomic E-state index is -1.03. The van der Waals surface area contributed by atoms with Crippen LogP contribution < -0.4 is 0 Å². The van der Waals surface area contributed by atoms with Crippen LogP contribution in [0, 0.1) is 0 Å². The molecule has 10 heavy (non-hydrogen) atoms. The third-order valence-corrected chi connectivity index (χ3v) is 1.44. The molecule has 3 nitrogen and oxygen atoms in total. The smallest absolute Gasteiger partial charge is 0.214 e. The summed E-state index contributed by atoms with van der Waals surface area (Å²) in [7, 11) is 0. The van der Waals surface area contributed by atoms with Crippen LogP contribution in [0.2, 0.25) is 0 Å². The summed E-state index contributed by atoms with van der Waals surface area (Å²) < 4.78 is 0. The first kappa shape index (κ1) is 9.94. The van der Waals surface area contributed by atoms with Crippen molar-refractivity contribution >= 4 is 17.7 Å². The number of carbonyl (C=O) groups excluding carboxylic acids is 1. The van der Waals surface area contributed by atoms with Gasteiger partial charge < -0.3 is 10.2 Å². The normalized spacial score (nSPS) is 16.4. The van der Waals surface area contributed by atoms with E-state index in [0.717, 1.165) is 0 Å². The lowest BCUT2D eigenvalue weighted by Gasteiger charge is -2.06. The molecule has 0 saturated carbocycles. The first-order chi connectivity index (χ1) is 4.54. The summed E-state index contributed by atoms with van der Waals surface area (Å²) in [4.78, 5) is 10.3. The van der Waals surface area contributed by atoms with Gasteiger partial charge in [-0.2, -0.15) is 0 Å². The van der Waals surface area contributed by atoms with Crippen LogP contribution in [-0.4, -0.2) is 27.5 Å². The van der Waals surface area contributed by atoms with Gasteiger partial charge in [0, 0.05) is 0 Å². The molecule has 0 aliphatic carbocycles. The zero-order valence-corrected chi connectivity index (χ0v) is 6.71. The number of thiol groups is 1. The van der Waals surface area contributed by atoms with Gasteiger partial charge in [-0.25, -0.2) is 0 Å². The maximum Gasteiger partial charge on any atom is 0.214 e. The van der Waals surface area contributed by atoms with Crippen LogP contribution in [0.15, 0.2) is 0 Å². The summed E-state index contributed by atoms with van der Waals surface area (Å²) in [6, 6.07) is 0. The van der Waals surface area contributed by atoms with Crippen LogP contribution >= 0.6 is 12.6 Å². The van der Waals surface area contributed by atoms with Crippen molar-refractivity contribution in [1.29, 1.82) is 0 Å². The Bertz CT molecular complexity index is 114. The SMILES string of the molecule is CC(O)CCC(O)C(=O)S. The zero-order chi connectivity index (χ0) is 8.15. The highest BCUT2D eigenvalue weighted by molar-refractivity contribution is 7.96. The summed E-state index contributed by atoms with van der Waals surface area (Å²) in [6.07, 6.45) is -0.798. The maximum absolute atomic E-state index is 10.3. The Kier molecular flexibility index (Phi) is 4.68. The fraction of sp³-hybridized carbons (Fsp3) is 0.833. The largest absolute Gasteiger partial charge is 0.393 e. The Balaban J connectivity index is 3.40. The molecule has 2 atom stereocenters. The Labute approximate surface area is 65.5 Å². The molecule has 2 unspecified atom stereocenters. The van der Waals surface area contributed by atoms with E-state index in [2.05, 4.69) is 12.6 Å². The molecule has 60 valence electrons. The third-order valence-electron chi connectivity index (χ3n) is 1.14. The van der Waals surface area contributed by atoms with Gasteiger partial charge in [-0.3, -0.25) is 4.79 Å². The molecular formula is C6H12O3S. The molecule has 0 aromatic carbocycles. The highest BCUT2D eigenvalue weighted by Gasteiger charge is 2.10. The van der Waals surface area contributed by atoms with Crippen LogP contribution in [0.1, 0.15) is 19.8 Å². The molecule has 0 rings (SSSR count). The number of rotatable bonds is 4. The second-order valence-electron chi connectivity index (χ2n) is 2.28. The van der Waals surface area contributed by atoms with Crippen LogP contribution in [0.4, 0.5) is 0 Å². The number of aliphatic hydroxyl groups is 2. The van der Waals surface area contributed by atoms with Crippen molar-refractivity contribution < 1.29 is 15.0 Å². The number of hydrogen-bond acceptors (Lipinski definition) is 3. The molecule has 0 saturated heterocycles. The van der Waals surface area contributed by atoms with Crippen molar-refractivity contribution in [2.75, 3.05) is 0 Å². The van der Waals surface area contributed by atoms with Gasteiger partial charge in [-0.1, -0.05) is 0 Å². The highest BCUT2D eigenvalue weighted by atomic mass is 32.1. The topological polar surface area (TPSA) is 57.5 Å². The van der Waals surface area contributed by atoms with E-state index >= 15 is 0 Å². The molecule has 0 bridgehead atoms. The molecule has 0 heterocycles. The van der Waals surface area contributed by atoms with Gasteiger partial charge in [0.15, 0.2) is 0 Å². The van der Waals surface area contributed by atoms with E-state index in [0.29, 0.717) is 6.42 Å². The summed E-state index contributed by atoms with van der Waals surface area (Å²) in [5, 5.41) is 17.0. The first-order valence-electron chi connectivity index (χ1n) is 3.13. The average molecular weight is 164 g/mol. The van der Waals surface area contributed by atoms with Crippen molar-refractivity contribution in [2.24, 2.45) is 0 Å². The van der Waals surface area contributed by atoms with Gasteiger partial charge in [0.2, 0.25) is 5.12 Å². The number of hydrogen-bond donors (Lipinski definition) is 3. The lowest BCUT2D eigenvalue weighted by molar-refractivity contribution is -0.118. The van der Waals surface area contributed by atoms with Crippen LogP contribution in [-0.2, 0) is 4.79 Å². The predicted octanol–water partition coefficient (Wildman–Crippen LogP) is -0.0353. The van der Waals surface area contributed by atoms with Gasteiger partial charge in [0.25, 0.3) is 0 Å². The molecule has 0 aliphatic heterocycles. The monoisotopic (exact) mass is 164 g/mol. The average Bonchev–Trinajstić information content (AvgIpc) is 1.82. The Hall–Kier alpha value is -0.0600. The molecule has 0 aromatic rings. The fourth-order valence-corrected chi connectivity index (χ4v) is 0.652. The van der Waals surface area contributed by atoms with Crippen LogP contribution in [0.3, 0.4) is 0 Å². The standard InChI is InChI=1S/C6H12O3S/c1-4(7)2-3-5(8)6(9)10/h4-5,7-8H,2-3H2,1H3,(H,9,10). The molecule has 4 heteroatoms. The van der Waals surface area contributed by atoms with Crippen LogP contribution in [0.5, 0.6) is 0 Å². The quantitative estimate of drug-likeness (QED) is 0.511. The molecule has 0 radical (unpaired) electrons. The zero-order valence-electron chi connectivity index (χ0n) is 5.82. The number of carbonyl (C=O) groups is 1. The Morgan fingerprint density at radius 3 is 2.30 bits per heavy atom. The summed E-state index contributed by atoms with van der Waals surface area (Å²) in [6.45, 7) is 1.61. The maximum atomic E-state index is 10.3. The van der Waals surface area contributed by atoms with E-state index in [1.165, 1.54) is 0 Å². The van der Waals surface area contributed by atoms with Crippen molar-refractivity contribution in [2.45, 2.75) is 32.0 Å². The summed E-state index contributed by atoms with van der Waals surface area (Å²) in [5.74, 6) is 0. The van der Waals surface area contributed by atoms with Gasteiger partial charge in [-0.15, -0.1) is 12.6 Å². The van der Waals surface area contributed by atoms with E-state index in [-0.39, 0.29) is 6.42 Å². The second-order valence-corrected chi connectivity index (χ2v) is 2.72. The second kappa shape index (κ2) is 4.71. The minimum absolute atomic E-state index is 0.278. The van der Waals surface area contributed by atoms with Gasteiger partial charge in [0.1, 0.15) is 6.10 Å². The van der Waals surface area contributed by atoms with Crippen molar-refractivity contribution in [3.63, 3.8) is 0 Å². The van der Waals surface area contributed by atoms with E-state index in [9.17, 15) is 4.79 Å². The Morgan fingerprint density at radius 1 is 1.50 bits per heavy atom. The lowest BCUT2D eigenvalue weighted by atomic mass is 10.1. The van der Waals surface area contributed by atoms with E-state index in [4.69, 9.17) is 10.2 Å². The van der Waals surface area contributed by atoms with Crippen LogP contribution in [0.25, 0.3) is 0 Å². The van der Waals surface area contributed by atoms with Gasteiger partial charge in [0.05, 0.1) is 6.10 Å².